The van der Waals surface area contributed by atoms with Crippen molar-refractivity contribution in [3.8, 4) is 0 Å². The first kappa shape index (κ1) is 86.9. The number of rotatable bonds is 10. The fourth-order valence-electron chi connectivity index (χ4n) is 31.3. The van der Waals surface area contributed by atoms with Gasteiger partial charge in [-0.2, -0.15) is 0 Å². The van der Waals surface area contributed by atoms with E-state index >= 15 is 0 Å². The van der Waals surface area contributed by atoms with Gasteiger partial charge in [-0.25, -0.2) is 0 Å². The third-order valence-corrected chi connectivity index (χ3v) is 36.5. The van der Waals surface area contributed by atoms with Crippen LogP contribution >= 0.6 is 0 Å². The molecule has 7 heteroatoms. The molecule has 0 aromatic rings. The van der Waals surface area contributed by atoms with Gasteiger partial charge in [-0.05, 0) is 337 Å². The highest BCUT2D eigenvalue weighted by Crippen LogP contribution is 2.74. The molecule has 1 spiro atoms. The van der Waals surface area contributed by atoms with E-state index in [-0.39, 0.29) is 62.4 Å². The van der Waals surface area contributed by atoms with Gasteiger partial charge >= 0.3 is 0 Å². The molecule has 0 amide bonds. The predicted octanol–water partition coefficient (Wildman–Crippen LogP) is 26.4. The fraction of sp³-hybridized carbons (Fsp3) is 0.979. The van der Waals surface area contributed by atoms with Crippen molar-refractivity contribution in [2.24, 2.45) is 169 Å². The molecule has 0 aromatic heterocycles. The highest BCUT2D eigenvalue weighted by molar-refractivity contribution is 5.25. The molecule has 0 radical (unpaired) electrons. The molecule has 596 valence electrons. The molecule has 12 aliphatic carbocycles. The Bertz CT molecular complexity index is 2700. The quantitative estimate of drug-likeness (QED) is 0.218. The molecule has 12 saturated carbocycles. The first-order valence-corrected chi connectivity index (χ1v) is 42.7. The van der Waals surface area contributed by atoms with Crippen LogP contribution in [0.1, 0.15) is 360 Å². The molecule has 0 aromatic carbocycles. The summed E-state index contributed by atoms with van der Waals surface area (Å²) < 4.78 is 37.4. The van der Waals surface area contributed by atoms with Crippen LogP contribution in [0.4, 0.5) is 0 Å². The minimum Gasteiger partial charge on any atom is -0.494 e. The van der Waals surface area contributed by atoms with Gasteiger partial charge in [0.15, 0.2) is 11.6 Å². The van der Waals surface area contributed by atoms with Crippen molar-refractivity contribution >= 4 is 0 Å². The Morgan fingerprint density at radius 2 is 0.804 bits per heavy atom. The summed E-state index contributed by atoms with van der Waals surface area (Å²) in [5, 5.41) is 11.7. The van der Waals surface area contributed by atoms with E-state index in [9.17, 15) is 5.11 Å². The second-order valence-corrected chi connectivity index (χ2v) is 41.5. The number of ether oxygens (including phenoxy) is 6. The lowest BCUT2D eigenvalue weighted by atomic mass is 9.40. The van der Waals surface area contributed by atoms with Crippen LogP contribution in [-0.2, 0) is 28.4 Å². The molecular weight excluding hydrogens is 1250 g/mol. The van der Waals surface area contributed by atoms with Gasteiger partial charge in [-0.1, -0.05) is 161 Å². The SMILES string of the molecule is C.C.C.C.C.C.COC[C@@H](C)CCC1=C(C)C2C(CCC3C4CC[C@@H]5C[C@@H](C)CC[C@]5(C)C4CC[C@@]32C)O1.COC[C@@H](C)CC[C@@]1(O)OC2CCC3C4CC[C@@H]5C[C@@H](C)CC[C@]5(C)C4CC[C@]3(C)C2[C@@H]1C.C[C@H]1CC[C@@]2(OC1)OC1CCC3C4CC[C@@H]5C[C@@H](C)CC[C@]5(C)C4CC[C@]3(C)C1[C@@H]2C. The van der Waals surface area contributed by atoms with E-state index in [2.05, 4.69) is 104 Å². The molecule has 16 rings (SSSR count). The summed E-state index contributed by atoms with van der Waals surface area (Å²) in [6.45, 7) is 40.3. The Labute approximate surface area is 634 Å². The third-order valence-electron chi connectivity index (χ3n) is 36.5. The Morgan fingerprint density at radius 1 is 0.422 bits per heavy atom. The second kappa shape index (κ2) is 32.9. The highest BCUT2D eigenvalue weighted by Gasteiger charge is 2.69. The maximum Gasteiger partial charge on any atom is 0.171 e. The van der Waals surface area contributed by atoms with Crippen LogP contribution in [0.5, 0.6) is 0 Å². The number of aliphatic hydroxyl groups is 1. The van der Waals surface area contributed by atoms with Crippen molar-refractivity contribution < 1.29 is 33.5 Å². The van der Waals surface area contributed by atoms with Crippen LogP contribution in [0.3, 0.4) is 0 Å². The predicted molar refractivity (Wildman–Crippen MR) is 432 cm³/mol. The van der Waals surface area contributed by atoms with Gasteiger partial charge in [0.05, 0.1) is 24.6 Å². The number of hydrogen-bond donors (Lipinski definition) is 1. The van der Waals surface area contributed by atoms with Crippen LogP contribution < -0.4 is 0 Å². The average Bonchev–Trinajstić information content (AvgIpc) is 1.36. The summed E-state index contributed by atoms with van der Waals surface area (Å²) in [4.78, 5) is 0. The molecule has 102 heavy (non-hydrogen) atoms. The van der Waals surface area contributed by atoms with E-state index in [0.29, 0.717) is 86.1 Å². The van der Waals surface area contributed by atoms with E-state index in [0.717, 1.165) is 141 Å². The summed E-state index contributed by atoms with van der Waals surface area (Å²) in [6, 6.07) is 0. The number of allylic oxidation sites excluding steroid dienone is 1. The first-order chi connectivity index (χ1) is 45.7. The van der Waals surface area contributed by atoms with Crippen LogP contribution in [0, 0.1) is 169 Å². The van der Waals surface area contributed by atoms with E-state index in [1.807, 2.05) is 7.11 Å². The summed E-state index contributed by atoms with van der Waals surface area (Å²) in [7, 11) is 3.59. The Kier molecular flexibility index (Phi) is 28.1. The standard InChI is InChI=1S/C30H52O3.C30H50O2.C29H48O2.6CH4/c1-19-11-14-28(4)22(17-19)7-8-23-24-9-10-26-27(29(24,5)15-13-25(23)28)21(3)30(31,33-26)16-12-20(2)18-32-6;1-19-13-15-29(4)22(17-19)8-9-23-24-10-12-27-28(30(24,5)16-14-25(23)29)21(3)26(32-27)11-7-20(2)18-31-6;1-18-10-13-27(4)21(16-18)6-7-22-23-8-9-25-26(28(23,5)14-12-24(22)27)20(3)29(31-25)15-11-19(2)17-30-29;;;;;;/h19-27,31H,7-18H2,1-6H3;19-20,22-25,27-28H,7-18H2,1-6H3;18-26H,6-17H2,1-5H3;6*1H4/t19-,20-,21-,22+,23?,24?,25?,26?,27?,28-,29-,30+;19-,20-,22+,23?,24?,25?,27?,28?,29-,30-;18-,19-,20-,21+,22?,23?,24?,25?,26?,27-,28-,29+;;;;;;/m000....../s1. The molecule has 1 N–H and O–H groups in total. The zero-order valence-electron chi connectivity index (χ0n) is 65.4. The number of methoxy groups -OCH3 is 2. The molecule has 0 bridgehead atoms. The maximum absolute atomic E-state index is 11.7. The van der Waals surface area contributed by atoms with Gasteiger partial charge < -0.3 is 33.5 Å². The zero-order chi connectivity index (χ0) is 67.9. The minimum atomic E-state index is -0.949. The van der Waals surface area contributed by atoms with Gasteiger partial charge in [0.25, 0.3) is 0 Å². The highest BCUT2D eigenvalue weighted by atomic mass is 16.7. The summed E-state index contributed by atoms with van der Waals surface area (Å²) in [5.41, 5.74) is 4.73. The minimum absolute atomic E-state index is 0. The van der Waals surface area contributed by atoms with E-state index < -0.39 is 5.79 Å². The zero-order valence-corrected chi connectivity index (χ0v) is 65.4. The maximum atomic E-state index is 11.7. The summed E-state index contributed by atoms with van der Waals surface area (Å²) in [5.74, 6) is 18.9. The second-order valence-electron chi connectivity index (χ2n) is 41.5. The number of fused-ring (bicyclic) bond motifs is 21. The van der Waals surface area contributed by atoms with Gasteiger partial charge in [0.2, 0.25) is 0 Å². The van der Waals surface area contributed by atoms with Gasteiger partial charge in [-0.15, -0.1) is 0 Å². The monoisotopic (exact) mass is 1430 g/mol. The first-order valence-electron chi connectivity index (χ1n) is 42.7. The molecule has 34 atom stereocenters. The lowest BCUT2D eigenvalue weighted by Crippen LogP contribution is -2.58. The van der Waals surface area contributed by atoms with Crippen LogP contribution in [0.15, 0.2) is 11.3 Å². The van der Waals surface area contributed by atoms with Crippen molar-refractivity contribution in [1.82, 2.24) is 0 Å². The van der Waals surface area contributed by atoms with Crippen molar-refractivity contribution in [3.63, 3.8) is 0 Å². The molecule has 15 fully saturated rings. The van der Waals surface area contributed by atoms with E-state index in [1.165, 1.54) is 186 Å². The molecule has 4 heterocycles. The van der Waals surface area contributed by atoms with Crippen molar-refractivity contribution in [2.75, 3.05) is 34.0 Å². The Balaban J connectivity index is 0.000000189. The summed E-state index contributed by atoms with van der Waals surface area (Å²) >= 11 is 0. The van der Waals surface area contributed by atoms with Crippen molar-refractivity contribution in [2.45, 2.75) is 390 Å². The lowest BCUT2D eigenvalue weighted by molar-refractivity contribution is -0.269. The van der Waals surface area contributed by atoms with Crippen LogP contribution in [-0.4, -0.2) is 69.0 Å². The van der Waals surface area contributed by atoms with Crippen LogP contribution in [0.25, 0.3) is 0 Å². The smallest absolute Gasteiger partial charge is 0.171 e. The van der Waals surface area contributed by atoms with Crippen molar-refractivity contribution in [3.05, 3.63) is 11.3 Å². The average molecular weight is 1430 g/mol. The Morgan fingerprint density at radius 3 is 1.25 bits per heavy atom. The lowest BCUT2D eigenvalue weighted by Gasteiger charge is -2.64. The molecular formula is C95H174O7. The molecule has 16 aliphatic rings. The molecule has 15 unspecified atom stereocenters. The summed E-state index contributed by atoms with van der Waals surface area (Å²) in [6.07, 6.45) is 46.4. The molecule has 7 nitrogen and oxygen atoms in total. The van der Waals surface area contributed by atoms with E-state index in [1.54, 1.807) is 12.7 Å². The largest absolute Gasteiger partial charge is 0.494 e. The fourth-order valence-corrected chi connectivity index (χ4v) is 31.3. The topological polar surface area (TPSA) is 75.6 Å². The number of hydrogen-bond acceptors (Lipinski definition) is 7. The van der Waals surface area contributed by atoms with Crippen molar-refractivity contribution in [1.29, 1.82) is 0 Å². The van der Waals surface area contributed by atoms with Gasteiger partial charge in [0, 0.05) is 64.4 Å². The molecule has 4 aliphatic heterocycles. The Hall–Kier alpha value is -0.700. The molecule has 3 saturated heterocycles. The van der Waals surface area contributed by atoms with Gasteiger partial charge in [0.1, 0.15) is 6.10 Å². The normalized spacial score (nSPS) is 51.6. The van der Waals surface area contributed by atoms with Crippen LogP contribution in [0.2, 0.25) is 0 Å². The van der Waals surface area contributed by atoms with Gasteiger partial charge in [-0.3, -0.25) is 0 Å². The van der Waals surface area contributed by atoms with E-state index in [4.69, 9.17) is 28.4 Å². The third kappa shape index (κ3) is 14.6.